The largest absolute Gasteiger partial charge is 0.444 e. The predicted octanol–water partition coefficient (Wildman–Crippen LogP) is 4.69. The summed E-state index contributed by atoms with van der Waals surface area (Å²) in [7, 11) is 0. The first-order chi connectivity index (χ1) is 13.8. The number of benzene rings is 1. The van der Waals surface area contributed by atoms with Gasteiger partial charge < -0.3 is 4.74 Å². The second-order valence-electron chi connectivity index (χ2n) is 7.87. The van der Waals surface area contributed by atoms with Crippen molar-refractivity contribution in [1.82, 2.24) is 24.7 Å². The zero-order valence-corrected chi connectivity index (χ0v) is 18.1. The van der Waals surface area contributed by atoms with Gasteiger partial charge in [0.1, 0.15) is 11.4 Å². The average molecular weight is 436 g/mol. The Hall–Kier alpha value is -2.20. The fourth-order valence-corrected chi connectivity index (χ4v) is 5.02. The quantitative estimate of drug-likeness (QED) is 0.554. The van der Waals surface area contributed by atoms with E-state index < -0.39 is 5.60 Å². The number of amides is 1. The molecule has 29 heavy (non-hydrogen) atoms. The highest BCUT2D eigenvalue weighted by atomic mass is 32.2. The van der Waals surface area contributed by atoms with E-state index in [1.54, 1.807) is 33.3 Å². The lowest BCUT2D eigenvalue weighted by molar-refractivity contribution is 0.0217. The summed E-state index contributed by atoms with van der Waals surface area (Å²) in [5, 5.41) is 13.2. The third-order valence-corrected chi connectivity index (χ3v) is 6.55. The smallest absolute Gasteiger partial charge is 0.410 e. The second kappa shape index (κ2) is 7.91. The van der Waals surface area contributed by atoms with Crippen LogP contribution in [0.2, 0.25) is 0 Å². The molecule has 1 aliphatic rings. The van der Waals surface area contributed by atoms with Crippen LogP contribution in [0.4, 0.5) is 9.18 Å². The second-order valence-corrected chi connectivity index (χ2v) is 10.0. The van der Waals surface area contributed by atoms with Gasteiger partial charge in [0, 0.05) is 12.3 Å². The van der Waals surface area contributed by atoms with Crippen LogP contribution in [0.25, 0.3) is 4.96 Å². The minimum atomic E-state index is -0.546. The molecule has 2 aromatic heterocycles. The molecule has 1 aromatic carbocycles. The van der Waals surface area contributed by atoms with E-state index in [-0.39, 0.29) is 18.0 Å². The van der Waals surface area contributed by atoms with Crippen LogP contribution in [-0.4, -0.2) is 43.0 Å². The van der Waals surface area contributed by atoms with Gasteiger partial charge in [-0.15, -0.1) is 15.3 Å². The molecular weight excluding hydrogens is 413 g/mol. The number of aromatic nitrogens is 4. The van der Waals surface area contributed by atoms with E-state index in [4.69, 9.17) is 4.74 Å². The molecule has 3 aromatic rings. The molecule has 0 radical (unpaired) electrons. The number of ether oxygens (including phenoxy) is 1. The lowest BCUT2D eigenvalue weighted by Crippen LogP contribution is -2.37. The molecule has 3 heterocycles. The SMILES string of the molecule is CC(C)(C)OC(=O)N1CCCC1c1nnc2sc(SCc3ccc(F)cc3)nn12. The zero-order chi connectivity index (χ0) is 20.6. The molecule has 10 heteroatoms. The number of hydrogen-bond acceptors (Lipinski definition) is 7. The molecule has 1 unspecified atom stereocenters. The summed E-state index contributed by atoms with van der Waals surface area (Å²) < 4.78 is 21.2. The van der Waals surface area contributed by atoms with Crippen molar-refractivity contribution in [1.29, 1.82) is 0 Å². The first kappa shape index (κ1) is 20.1. The van der Waals surface area contributed by atoms with Gasteiger partial charge in [-0.1, -0.05) is 35.2 Å². The summed E-state index contributed by atoms with van der Waals surface area (Å²) in [5.74, 6) is 1.11. The minimum absolute atomic E-state index is 0.197. The summed E-state index contributed by atoms with van der Waals surface area (Å²) in [6.45, 7) is 6.20. The average Bonchev–Trinajstić information content (AvgIpc) is 3.34. The van der Waals surface area contributed by atoms with Gasteiger partial charge in [0.05, 0.1) is 6.04 Å². The van der Waals surface area contributed by atoms with E-state index in [0.29, 0.717) is 23.1 Å². The molecule has 4 rings (SSSR count). The van der Waals surface area contributed by atoms with Gasteiger partial charge in [-0.25, -0.2) is 9.18 Å². The third kappa shape index (κ3) is 4.53. The van der Waals surface area contributed by atoms with Gasteiger partial charge >= 0.3 is 6.09 Å². The molecule has 1 fully saturated rings. The Labute approximate surface area is 176 Å². The van der Waals surface area contributed by atoms with Crippen LogP contribution in [0.15, 0.2) is 28.6 Å². The van der Waals surface area contributed by atoms with Gasteiger partial charge in [0.15, 0.2) is 10.2 Å². The molecule has 1 saturated heterocycles. The summed E-state index contributed by atoms with van der Waals surface area (Å²) in [5.41, 5.74) is 0.476. The van der Waals surface area contributed by atoms with Crippen molar-refractivity contribution in [3.8, 4) is 0 Å². The van der Waals surface area contributed by atoms with Gasteiger partial charge in [-0.2, -0.15) is 4.52 Å². The van der Waals surface area contributed by atoms with Crippen molar-refractivity contribution >= 4 is 34.2 Å². The lowest BCUT2D eigenvalue weighted by Gasteiger charge is -2.27. The van der Waals surface area contributed by atoms with E-state index in [9.17, 15) is 9.18 Å². The van der Waals surface area contributed by atoms with Crippen molar-refractivity contribution < 1.29 is 13.9 Å². The summed E-state index contributed by atoms with van der Waals surface area (Å²) >= 11 is 3.02. The number of fused-ring (bicyclic) bond motifs is 1. The maximum atomic E-state index is 13.0. The van der Waals surface area contributed by atoms with E-state index in [0.717, 1.165) is 22.7 Å². The molecule has 7 nitrogen and oxygen atoms in total. The number of halogens is 1. The Morgan fingerprint density at radius 2 is 2.07 bits per heavy atom. The predicted molar refractivity (Wildman–Crippen MR) is 110 cm³/mol. The number of nitrogens with zero attached hydrogens (tertiary/aromatic N) is 5. The Balaban J connectivity index is 1.50. The standard InChI is InChI=1S/C19H22FN5O2S2/c1-19(2,3)27-18(26)24-10-4-5-14(24)15-21-22-16-25(15)23-17(29-16)28-11-12-6-8-13(20)9-7-12/h6-9,14H,4-5,10-11H2,1-3H3. The molecule has 154 valence electrons. The number of rotatable bonds is 4. The van der Waals surface area contributed by atoms with Crippen LogP contribution in [-0.2, 0) is 10.5 Å². The van der Waals surface area contributed by atoms with Crippen molar-refractivity contribution in [2.24, 2.45) is 0 Å². The van der Waals surface area contributed by atoms with Crippen molar-refractivity contribution in [3.05, 3.63) is 41.5 Å². The maximum Gasteiger partial charge on any atom is 0.410 e. The first-order valence-corrected chi connectivity index (χ1v) is 11.2. The number of hydrogen-bond donors (Lipinski definition) is 0. The Morgan fingerprint density at radius 3 is 2.79 bits per heavy atom. The highest BCUT2D eigenvalue weighted by molar-refractivity contribution is 8.00. The summed E-state index contributed by atoms with van der Waals surface area (Å²) in [6, 6.07) is 6.25. The number of thioether (sulfide) groups is 1. The summed E-state index contributed by atoms with van der Waals surface area (Å²) in [6.07, 6.45) is 1.35. The van der Waals surface area contributed by atoms with Crippen LogP contribution in [0, 0.1) is 5.82 Å². The third-order valence-electron chi connectivity index (χ3n) is 4.45. The molecule has 0 bridgehead atoms. The van der Waals surface area contributed by atoms with Crippen LogP contribution < -0.4 is 0 Å². The molecule has 1 amide bonds. The Bertz CT molecular complexity index is 1010. The van der Waals surface area contributed by atoms with Gasteiger partial charge in [-0.05, 0) is 51.3 Å². The minimum Gasteiger partial charge on any atom is -0.444 e. The zero-order valence-electron chi connectivity index (χ0n) is 16.5. The first-order valence-electron chi connectivity index (χ1n) is 9.39. The van der Waals surface area contributed by atoms with E-state index in [1.807, 2.05) is 20.8 Å². The molecule has 0 N–H and O–H groups in total. The normalized spacial score (nSPS) is 17.2. The van der Waals surface area contributed by atoms with E-state index in [2.05, 4.69) is 15.3 Å². The molecule has 0 spiro atoms. The number of carbonyl (C=O) groups is 1. The highest BCUT2D eigenvalue weighted by Gasteiger charge is 2.36. The van der Waals surface area contributed by atoms with Crippen molar-refractivity contribution in [3.63, 3.8) is 0 Å². The fourth-order valence-electron chi connectivity index (χ4n) is 3.18. The lowest BCUT2D eigenvalue weighted by atomic mass is 10.2. The van der Waals surface area contributed by atoms with Crippen molar-refractivity contribution in [2.75, 3.05) is 6.54 Å². The molecule has 0 aliphatic carbocycles. The highest BCUT2D eigenvalue weighted by Crippen LogP contribution is 2.34. The van der Waals surface area contributed by atoms with Gasteiger partial charge in [0.2, 0.25) is 4.96 Å². The monoisotopic (exact) mass is 435 g/mol. The van der Waals surface area contributed by atoms with Crippen LogP contribution >= 0.6 is 23.1 Å². The van der Waals surface area contributed by atoms with Crippen LogP contribution in [0.3, 0.4) is 0 Å². The van der Waals surface area contributed by atoms with Gasteiger partial charge in [-0.3, -0.25) is 4.90 Å². The molecular formula is C19H22FN5O2S2. The van der Waals surface area contributed by atoms with Gasteiger partial charge in [0.25, 0.3) is 0 Å². The molecule has 0 saturated carbocycles. The molecule has 1 atom stereocenters. The topological polar surface area (TPSA) is 72.6 Å². The number of likely N-dealkylation sites (tertiary alicyclic amines) is 1. The van der Waals surface area contributed by atoms with Crippen molar-refractivity contribution in [2.45, 2.75) is 55.3 Å². The van der Waals surface area contributed by atoms with Crippen LogP contribution in [0.1, 0.15) is 51.0 Å². The Morgan fingerprint density at radius 1 is 1.31 bits per heavy atom. The van der Waals surface area contributed by atoms with Crippen LogP contribution in [0.5, 0.6) is 0 Å². The Kier molecular flexibility index (Phi) is 5.48. The maximum absolute atomic E-state index is 13.0. The number of carbonyl (C=O) groups excluding carboxylic acids is 1. The fraction of sp³-hybridized carbons (Fsp3) is 0.474. The van der Waals surface area contributed by atoms with E-state index >= 15 is 0 Å². The van der Waals surface area contributed by atoms with E-state index in [1.165, 1.54) is 23.5 Å². The summed E-state index contributed by atoms with van der Waals surface area (Å²) in [4.78, 5) is 15.0. The molecule has 1 aliphatic heterocycles.